The Hall–Kier alpha value is -3.21. The molecule has 2 N–H and O–H groups in total. The molecule has 0 saturated heterocycles. The van der Waals surface area contributed by atoms with Crippen molar-refractivity contribution < 1.29 is 9.59 Å². The molecule has 0 bridgehead atoms. The predicted molar refractivity (Wildman–Crippen MR) is 99.5 cm³/mol. The van der Waals surface area contributed by atoms with Gasteiger partial charge in [0.15, 0.2) is 0 Å². The number of rotatable bonds is 3. The first-order valence-corrected chi connectivity index (χ1v) is 8.10. The van der Waals surface area contributed by atoms with Gasteiger partial charge in [-0.3, -0.25) is 14.6 Å². The van der Waals surface area contributed by atoms with E-state index in [2.05, 4.69) is 29.5 Å². The maximum atomic E-state index is 12.2. The normalized spacial score (nSPS) is 10.7. The van der Waals surface area contributed by atoms with Gasteiger partial charge in [0.05, 0.1) is 11.2 Å². The minimum atomic E-state index is -0.730. The summed E-state index contributed by atoms with van der Waals surface area (Å²) < 4.78 is 0. The van der Waals surface area contributed by atoms with E-state index >= 15 is 0 Å². The summed E-state index contributed by atoms with van der Waals surface area (Å²) in [4.78, 5) is 28.6. The fraction of sp³-hybridized carbons (Fsp3) is 0.150. The van der Waals surface area contributed by atoms with Gasteiger partial charge in [-0.25, -0.2) is 0 Å². The fourth-order valence-corrected chi connectivity index (χ4v) is 2.52. The zero-order valence-electron chi connectivity index (χ0n) is 14.1. The minimum Gasteiger partial charge on any atom is -0.318 e. The van der Waals surface area contributed by atoms with Crippen LogP contribution in [0.3, 0.4) is 0 Å². The van der Waals surface area contributed by atoms with Crippen LogP contribution in [0.5, 0.6) is 0 Å². The van der Waals surface area contributed by atoms with Crippen LogP contribution in [-0.2, 0) is 9.59 Å². The first-order chi connectivity index (χ1) is 12.0. The zero-order valence-corrected chi connectivity index (χ0v) is 14.1. The maximum absolute atomic E-state index is 12.2. The first kappa shape index (κ1) is 16.6. The molecule has 0 aliphatic heterocycles. The molecule has 0 spiro atoms. The van der Waals surface area contributed by atoms with Crippen molar-refractivity contribution >= 4 is 34.1 Å². The molecule has 0 unspecified atom stereocenters. The lowest BCUT2D eigenvalue weighted by molar-refractivity contribution is -0.132. The second-order valence-corrected chi connectivity index (χ2v) is 6.07. The smallest absolute Gasteiger partial charge is 0.314 e. The van der Waals surface area contributed by atoms with Crippen LogP contribution in [0.4, 0.5) is 11.4 Å². The van der Waals surface area contributed by atoms with E-state index < -0.39 is 11.8 Å². The van der Waals surface area contributed by atoms with E-state index in [1.54, 1.807) is 24.4 Å². The fourth-order valence-electron chi connectivity index (χ4n) is 2.52. The Labute approximate surface area is 146 Å². The molecule has 5 nitrogen and oxygen atoms in total. The van der Waals surface area contributed by atoms with Crippen LogP contribution in [-0.4, -0.2) is 16.8 Å². The molecule has 25 heavy (non-hydrogen) atoms. The van der Waals surface area contributed by atoms with E-state index in [9.17, 15) is 9.59 Å². The highest BCUT2D eigenvalue weighted by atomic mass is 16.2. The van der Waals surface area contributed by atoms with Crippen LogP contribution >= 0.6 is 0 Å². The van der Waals surface area contributed by atoms with Crippen molar-refractivity contribution in [2.24, 2.45) is 0 Å². The Balaban J connectivity index is 1.71. The van der Waals surface area contributed by atoms with Crippen LogP contribution in [0.25, 0.3) is 10.9 Å². The molecule has 0 atom stereocenters. The molecule has 1 aromatic heterocycles. The predicted octanol–water partition coefficient (Wildman–Crippen LogP) is 3.94. The number of para-hydroxylation sites is 1. The molecule has 3 aromatic rings. The largest absolute Gasteiger partial charge is 0.318 e. The number of benzene rings is 2. The van der Waals surface area contributed by atoms with Crippen LogP contribution < -0.4 is 10.6 Å². The molecule has 0 radical (unpaired) electrons. The lowest BCUT2D eigenvalue weighted by atomic mass is 10.0. The van der Waals surface area contributed by atoms with Crippen LogP contribution in [0.15, 0.2) is 60.8 Å². The molecule has 2 aromatic carbocycles. The Morgan fingerprint density at radius 2 is 1.56 bits per heavy atom. The van der Waals surface area contributed by atoms with E-state index in [0.717, 1.165) is 5.39 Å². The lowest BCUT2D eigenvalue weighted by Gasteiger charge is -2.10. The van der Waals surface area contributed by atoms with Crippen LogP contribution in [0.1, 0.15) is 25.3 Å². The van der Waals surface area contributed by atoms with Crippen molar-refractivity contribution in [1.29, 1.82) is 0 Å². The van der Waals surface area contributed by atoms with E-state index in [4.69, 9.17) is 0 Å². The molecule has 3 rings (SSSR count). The molecule has 0 saturated carbocycles. The Morgan fingerprint density at radius 1 is 0.880 bits per heavy atom. The van der Waals surface area contributed by atoms with Crippen LogP contribution in [0.2, 0.25) is 0 Å². The van der Waals surface area contributed by atoms with Gasteiger partial charge in [-0.15, -0.1) is 0 Å². The second-order valence-electron chi connectivity index (χ2n) is 6.07. The van der Waals surface area contributed by atoms with E-state index in [0.29, 0.717) is 22.8 Å². The number of carbonyl (C=O) groups is 2. The second kappa shape index (κ2) is 7.13. The highest BCUT2D eigenvalue weighted by molar-refractivity contribution is 6.44. The molecule has 0 fully saturated rings. The average molecular weight is 333 g/mol. The van der Waals surface area contributed by atoms with Gasteiger partial charge in [-0.2, -0.15) is 0 Å². The highest BCUT2D eigenvalue weighted by Gasteiger charge is 2.15. The number of nitrogens with zero attached hydrogens (tertiary/aromatic N) is 1. The van der Waals surface area contributed by atoms with Gasteiger partial charge >= 0.3 is 11.8 Å². The number of nitrogens with one attached hydrogen (secondary N) is 2. The minimum absolute atomic E-state index is 0.409. The summed E-state index contributed by atoms with van der Waals surface area (Å²) in [5, 5.41) is 6.12. The number of anilines is 2. The monoisotopic (exact) mass is 333 g/mol. The van der Waals surface area contributed by atoms with Crippen molar-refractivity contribution in [1.82, 2.24) is 4.98 Å². The number of pyridine rings is 1. The third-order valence-corrected chi connectivity index (χ3v) is 3.92. The molecule has 2 amide bonds. The number of fused-ring (bicyclic) bond motifs is 1. The van der Waals surface area contributed by atoms with Gasteiger partial charge in [0.2, 0.25) is 0 Å². The molecular formula is C20H19N3O2. The number of carbonyl (C=O) groups excluding carboxylic acids is 2. The summed E-state index contributed by atoms with van der Waals surface area (Å²) in [5.74, 6) is -1.04. The van der Waals surface area contributed by atoms with E-state index in [1.807, 2.05) is 36.4 Å². The molecule has 5 heteroatoms. The lowest BCUT2D eigenvalue weighted by Crippen LogP contribution is -2.29. The van der Waals surface area contributed by atoms with Gasteiger partial charge in [-0.1, -0.05) is 44.2 Å². The van der Waals surface area contributed by atoms with Crippen molar-refractivity contribution in [3.05, 3.63) is 66.4 Å². The SMILES string of the molecule is CC(C)c1ccc(NC(=O)C(=O)Nc2cccc3cccnc23)cc1. The number of aromatic nitrogens is 1. The standard InChI is InChI=1S/C20H19N3O2/c1-13(2)14-8-10-16(11-9-14)22-19(24)20(25)23-17-7-3-5-15-6-4-12-21-18(15)17/h3-13H,1-2H3,(H,22,24)(H,23,25). The summed E-state index contributed by atoms with van der Waals surface area (Å²) in [7, 11) is 0. The first-order valence-electron chi connectivity index (χ1n) is 8.10. The molecule has 126 valence electrons. The van der Waals surface area contributed by atoms with Gasteiger partial charge < -0.3 is 10.6 Å². The van der Waals surface area contributed by atoms with Crippen LogP contribution in [0, 0.1) is 0 Å². The van der Waals surface area contributed by atoms with Crippen molar-refractivity contribution in [3.8, 4) is 0 Å². The van der Waals surface area contributed by atoms with E-state index in [1.165, 1.54) is 5.56 Å². The quantitative estimate of drug-likeness (QED) is 0.713. The van der Waals surface area contributed by atoms with Gasteiger partial charge in [0.1, 0.15) is 0 Å². The third kappa shape index (κ3) is 3.83. The average Bonchev–Trinajstić information content (AvgIpc) is 2.62. The number of amides is 2. The van der Waals surface area contributed by atoms with Gasteiger partial charge in [-0.05, 0) is 35.7 Å². The molecule has 0 aliphatic carbocycles. The highest BCUT2D eigenvalue weighted by Crippen LogP contribution is 2.21. The molecule has 0 aliphatic rings. The number of hydrogen-bond donors (Lipinski definition) is 2. The van der Waals surface area contributed by atoms with Crippen molar-refractivity contribution in [2.45, 2.75) is 19.8 Å². The Bertz CT molecular complexity index is 912. The summed E-state index contributed by atoms with van der Waals surface area (Å²) in [6, 6.07) is 16.6. The van der Waals surface area contributed by atoms with Crippen molar-refractivity contribution in [2.75, 3.05) is 10.6 Å². The molecular weight excluding hydrogens is 314 g/mol. The van der Waals surface area contributed by atoms with E-state index in [-0.39, 0.29) is 0 Å². The summed E-state index contributed by atoms with van der Waals surface area (Å²) in [5.41, 5.74) is 2.91. The third-order valence-electron chi connectivity index (χ3n) is 3.92. The Kier molecular flexibility index (Phi) is 4.75. The van der Waals surface area contributed by atoms with Gasteiger partial charge in [0.25, 0.3) is 0 Å². The topological polar surface area (TPSA) is 71.1 Å². The maximum Gasteiger partial charge on any atom is 0.314 e. The summed E-state index contributed by atoms with van der Waals surface area (Å²) >= 11 is 0. The summed E-state index contributed by atoms with van der Waals surface area (Å²) in [6.07, 6.45) is 1.65. The number of hydrogen-bond acceptors (Lipinski definition) is 3. The Morgan fingerprint density at radius 3 is 2.28 bits per heavy atom. The van der Waals surface area contributed by atoms with Crippen molar-refractivity contribution in [3.63, 3.8) is 0 Å². The van der Waals surface area contributed by atoms with Gasteiger partial charge in [0, 0.05) is 17.3 Å². The zero-order chi connectivity index (χ0) is 17.8. The molecule has 1 heterocycles. The summed E-state index contributed by atoms with van der Waals surface area (Å²) in [6.45, 7) is 4.19.